The highest BCUT2D eigenvalue weighted by Gasteiger charge is 2.33. The summed E-state index contributed by atoms with van der Waals surface area (Å²) in [5.41, 5.74) is -0.157. The molecule has 0 aliphatic carbocycles. The third-order valence-electron chi connectivity index (χ3n) is 2.70. The second-order valence-electron chi connectivity index (χ2n) is 4.31. The van der Waals surface area contributed by atoms with E-state index in [0.29, 0.717) is 10.8 Å². The molecule has 0 aliphatic rings. The maximum atomic E-state index is 12.8. The lowest BCUT2D eigenvalue weighted by Gasteiger charge is -2.11. The van der Waals surface area contributed by atoms with Gasteiger partial charge in [0.05, 0.1) is 22.7 Å². The summed E-state index contributed by atoms with van der Waals surface area (Å²) in [6, 6.07) is 3.52. The van der Waals surface area contributed by atoms with E-state index < -0.39 is 11.7 Å². The van der Waals surface area contributed by atoms with Crippen LogP contribution in [0.5, 0.6) is 0 Å². The van der Waals surface area contributed by atoms with Crippen molar-refractivity contribution in [3.05, 3.63) is 39.9 Å². The van der Waals surface area contributed by atoms with Crippen LogP contribution in [0.3, 0.4) is 0 Å². The van der Waals surface area contributed by atoms with E-state index in [0.717, 1.165) is 6.07 Å². The highest BCUT2D eigenvalue weighted by molar-refractivity contribution is 7.13. The molecule has 2 N–H and O–H groups in total. The van der Waals surface area contributed by atoms with Gasteiger partial charge in [-0.25, -0.2) is 4.98 Å². The maximum Gasteiger partial charge on any atom is 0.417 e. The average molecular weight is 350 g/mol. The van der Waals surface area contributed by atoms with Crippen LogP contribution in [0.4, 0.5) is 24.0 Å². The highest BCUT2D eigenvalue weighted by Crippen LogP contribution is 2.36. The third-order valence-corrected chi connectivity index (χ3v) is 3.83. The summed E-state index contributed by atoms with van der Waals surface area (Å²) in [6.07, 6.45) is -4.41. The standard InChI is InChI=1S/C13H11ClF3N3OS/c1-18-11(21)5-8-6-22-12(20-8)19-7-2-3-10(14)9(4-7)13(15,16)17/h2-4,6H,5H2,1H3,(H,18,21)(H,19,20). The molecule has 0 saturated heterocycles. The minimum Gasteiger partial charge on any atom is -0.359 e. The van der Waals surface area contributed by atoms with Crippen molar-refractivity contribution in [2.75, 3.05) is 12.4 Å². The molecule has 9 heteroatoms. The molecule has 118 valence electrons. The molecule has 0 radical (unpaired) electrons. The Morgan fingerprint density at radius 1 is 1.41 bits per heavy atom. The van der Waals surface area contributed by atoms with E-state index in [1.54, 1.807) is 5.38 Å². The van der Waals surface area contributed by atoms with Crippen molar-refractivity contribution in [2.24, 2.45) is 0 Å². The summed E-state index contributed by atoms with van der Waals surface area (Å²) in [7, 11) is 1.51. The first kappa shape index (κ1) is 16.6. The highest BCUT2D eigenvalue weighted by atomic mass is 35.5. The molecular weight excluding hydrogens is 339 g/mol. The SMILES string of the molecule is CNC(=O)Cc1csc(Nc2ccc(Cl)c(C(F)(F)F)c2)n1. The molecule has 1 aromatic heterocycles. The molecule has 0 saturated carbocycles. The van der Waals surface area contributed by atoms with E-state index in [9.17, 15) is 18.0 Å². The minimum absolute atomic E-state index is 0.114. The van der Waals surface area contributed by atoms with Crippen molar-refractivity contribution in [2.45, 2.75) is 12.6 Å². The first-order valence-electron chi connectivity index (χ1n) is 6.08. The Kier molecular flexibility index (Phi) is 4.92. The molecule has 4 nitrogen and oxygen atoms in total. The monoisotopic (exact) mass is 349 g/mol. The predicted octanol–water partition coefficient (Wildman–Crippen LogP) is 3.85. The summed E-state index contributed by atoms with van der Waals surface area (Å²) in [6.45, 7) is 0. The summed E-state index contributed by atoms with van der Waals surface area (Å²) < 4.78 is 38.4. The van der Waals surface area contributed by atoms with Crippen LogP contribution in [0.25, 0.3) is 0 Å². The normalized spacial score (nSPS) is 11.3. The molecule has 2 rings (SSSR count). The number of alkyl halides is 3. The van der Waals surface area contributed by atoms with Gasteiger partial charge in [0.1, 0.15) is 0 Å². The molecule has 0 bridgehead atoms. The van der Waals surface area contributed by atoms with Gasteiger partial charge in [-0.2, -0.15) is 13.2 Å². The fourth-order valence-corrected chi connectivity index (χ4v) is 2.60. The molecule has 0 aliphatic heterocycles. The molecule has 0 unspecified atom stereocenters. The van der Waals surface area contributed by atoms with Gasteiger partial charge in [-0.15, -0.1) is 11.3 Å². The van der Waals surface area contributed by atoms with Crippen LogP contribution in [0.1, 0.15) is 11.3 Å². The topological polar surface area (TPSA) is 54.0 Å². The molecule has 1 heterocycles. The number of aromatic nitrogens is 1. The number of hydrogen-bond acceptors (Lipinski definition) is 4. The lowest BCUT2D eigenvalue weighted by atomic mass is 10.2. The zero-order valence-corrected chi connectivity index (χ0v) is 12.9. The third kappa shape index (κ3) is 4.11. The molecule has 0 fully saturated rings. The zero-order valence-electron chi connectivity index (χ0n) is 11.3. The number of nitrogens with one attached hydrogen (secondary N) is 2. The summed E-state index contributed by atoms with van der Waals surface area (Å²) in [4.78, 5) is 15.4. The number of carbonyl (C=O) groups is 1. The van der Waals surface area contributed by atoms with Crippen LogP contribution < -0.4 is 10.6 Å². The van der Waals surface area contributed by atoms with Gasteiger partial charge in [0.2, 0.25) is 5.91 Å². The number of halogens is 4. The van der Waals surface area contributed by atoms with E-state index in [-0.39, 0.29) is 23.0 Å². The molecule has 22 heavy (non-hydrogen) atoms. The fourth-order valence-electron chi connectivity index (χ4n) is 1.64. The number of amides is 1. The number of nitrogens with zero attached hydrogens (tertiary/aromatic N) is 1. The van der Waals surface area contributed by atoms with Crippen LogP contribution in [-0.4, -0.2) is 17.9 Å². The Labute approximate surface area is 133 Å². The first-order chi connectivity index (χ1) is 10.3. The number of hydrogen-bond donors (Lipinski definition) is 2. The zero-order chi connectivity index (χ0) is 16.3. The van der Waals surface area contributed by atoms with Gasteiger partial charge >= 0.3 is 6.18 Å². The summed E-state index contributed by atoms with van der Waals surface area (Å²) in [5, 5.41) is 6.94. The number of likely N-dealkylation sites (N-methyl/N-ethyl adjacent to an activating group) is 1. The number of benzene rings is 1. The number of carbonyl (C=O) groups excluding carboxylic acids is 1. The number of thiazole rings is 1. The Balaban J connectivity index is 2.16. The van der Waals surface area contributed by atoms with Crippen LogP contribution >= 0.6 is 22.9 Å². The van der Waals surface area contributed by atoms with Crippen LogP contribution in [0.15, 0.2) is 23.6 Å². The number of rotatable bonds is 4. The quantitative estimate of drug-likeness (QED) is 0.881. The van der Waals surface area contributed by atoms with Gasteiger partial charge in [-0.05, 0) is 18.2 Å². The molecular formula is C13H11ClF3N3OS. The van der Waals surface area contributed by atoms with E-state index in [2.05, 4.69) is 15.6 Å². The van der Waals surface area contributed by atoms with Crippen molar-refractivity contribution in [3.63, 3.8) is 0 Å². The van der Waals surface area contributed by atoms with Crippen LogP contribution in [-0.2, 0) is 17.4 Å². The smallest absolute Gasteiger partial charge is 0.359 e. The first-order valence-corrected chi connectivity index (χ1v) is 7.34. The van der Waals surface area contributed by atoms with Gasteiger partial charge in [0.25, 0.3) is 0 Å². The van der Waals surface area contributed by atoms with Gasteiger partial charge in [0.15, 0.2) is 5.13 Å². The Hall–Kier alpha value is -1.80. The van der Waals surface area contributed by atoms with Crippen molar-refractivity contribution in [1.82, 2.24) is 10.3 Å². The minimum atomic E-state index is -4.53. The average Bonchev–Trinajstić information content (AvgIpc) is 2.86. The van der Waals surface area contributed by atoms with E-state index >= 15 is 0 Å². The van der Waals surface area contributed by atoms with E-state index in [4.69, 9.17) is 11.6 Å². The fraction of sp³-hybridized carbons (Fsp3) is 0.231. The lowest BCUT2D eigenvalue weighted by molar-refractivity contribution is -0.137. The lowest BCUT2D eigenvalue weighted by Crippen LogP contribution is -2.20. The largest absolute Gasteiger partial charge is 0.417 e. The Bertz CT molecular complexity index is 687. The van der Waals surface area contributed by atoms with Crippen molar-refractivity contribution >= 4 is 39.7 Å². The Morgan fingerprint density at radius 3 is 2.77 bits per heavy atom. The maximum absolute atomic E-state index is 12.8. The second-order valence-corrected chi connectivity index (χ2v) is 5.58. The van der Waals surface area contributed by atoms with Crippen molar-refractivity contribution in [3.8, 4) is 0 Å². The summed E-state index contributed by atoms with van der Waals surface area (Å²) >= 11 is 6.75. The van der Waals surface area contributed by atoms with Gasteiger partial charge in [0, 0.05) is 18.1 Å². The second kappa shape index (κ2) is 6.53. The van der Waals surface area contributed by atoms with E-state index in [1.807, 2.05) is 0 Å². The molecule has 0 spiro atoms. The number of anilines is 2. The molecule has 0 atom stereocenters. The molecule has 1 aromatic carbocycles. The summed E-state index contributed by atoms with van der Waals surface area (Å²) in [5.74, 6) is -0.192. The van der Waals surface area contributed by atoms with Gasteiger partial charge in [-0.3, -0.25) is 4.79 Å². The van der Waals surface area contributed by atoms with Gasteiger partial charge < -0.3 is 10.6 Å². The van der Waals surface area contributed by atoms with Crippen LogP contribution in [0, 0.1) is 0 Å². The van der Waals surface area contributed by atoms with Crippen molar-refractivity contribution in [1.29, 1.82) is 0 Å². The van der Waals surface area contributed by atoms with Crippen molar-refractivity contribution < 1.29 is 18.0 Å². The predicted molar refractivity (Wildman–Crippen MR) is 79.6 cm³/mol. The molecule has 1 amide bonds. The Morgan fingerprint density at radius 2 is 2.14 bits per heavy atom. The van der Waals surface area contributed by atoms with Gasteiger partial charge in [-0.1, -0.05) is 11.6 Å². The van der Waals surface area contributed by atoms with Crippen LogP contribution in [0.2, 0.25) is 5.02 Å². The van der Waals surface area contributed by atoms with E-state index in [1.165, 1.54) is 30.5 Å². The molecule has 2 aromatic rings.